The molecule has 24 heavy (non-hydrogen) atoms. The molecule has 0 saturated carbocycles. The van der Waals surface area contributed by atoms with Crippen molar-refractivity contribution < 1.29 is 4.74 Å². The monoisotopic (exact) mass is 320 g/mol. The van der Waals surface area contributed by atoms with Gasteiger partial charge in [-0.1, -0.05) is 42.5 Å². The summed E-state index contributed by atoms with van der Waals surface area (Å²) < 4.78 is 5.26. The Morgan fingerprint density at radius 3 is 2.58 bits per heavy atom. The normalized spacial score (nSPS) is 20.2. The van der Waals surface area contributed by atoms with Crippen molar-refractivity contribution in [1.82, 2.24) is 20.8 Å². The molecule has 1 aliphatic rings. The summed E-state index contributed by atoms with van der Waals surface area (Å²) in [6, 6.07) is 18.7. The molecule has 3 N–H and O–H groups in total. The summed E-state index contributed by atoms with van der Waals surface area (Å²) in [4.78, 5) is 7.91. The molecule has 1 fully saturated rings. The van der Waals surface area contributed by atoms with Crippen molar-refractivity contribution in [3.63, 3.8) is 0 Å². The van der Waals surface area contributed by atoms with Crippen LogP contribution in [0.1, 0.15) is 23.2 Å². The molecule has 0 aliphatic carbocycles. The number of benzene rings is 2. The van der Waals surface area contributed by atoms with Gasteiger partial charge in [0.1, 0.15) is 5.75 Å². The van der Waals surface area contributed by atoms with E-state index in [1.165, 1.54) is 5.56 Å². The lowest BCUT2D eigenvalue weighted by atomic mass is 9.90. The number of nitrogens with one attached hydrogen (secondary N) is 3. The second-order valence-electron chi connectivity index (χ2n) is 5.91. The number of aromatic nitrogens is 2. The first-order chi connectivity index (χ1) is 11.9. The summed E-state index contributed by atoms with van der Waals surface area (Å²) in [5.74, 6) is 1.14. The molecule has 4 rings (SSSR count). The number of imidazole rings is 1. The van der Waals surface area contributed by atoms with Crippen molar-refractivity contribution in [2.75, 3.05) is 13.7 Å². The predicted octanol–water partition coefficient (Wildman–Crippen LogP) is 3.02. The zero-order chi connectivity index (χ0) is 16.4. The highest BCUT2D eigenvalue weighted by Gasteiger charge is 2.32. The molecule has 5 heteroatoms. The Hall–Kier alpha value is -2.63. The maximum atomic E-state index is 5.26. The van der Waals surface area contributed by atoms with Gasteiger partial charge in [0.05, 0.1) is 25.2 Å². The highest BCUT2D eigenvalue weighted by Crippen LogP contribution is 2.37. The van der Waals surface area contributed by atoms with E-state index < -0.39 is 0 Å². The van der Waals surface area contributed by atoms with Crippen LogP contribution < -0.4 is 15.6 Å². The smallest absolute Gasteiger partial charge is 0.118 e. The molecule has 0 bridgehead atoms. The first-order valence-electron chi connectivity index (χ1n) is 8.08. The van der Waals surface area contributed by atoms with Crippen LogP contribution in [0, 0.1) is 0 Å². The number of rotatable bonds is 4. The van der Waals surface area contributed by atoms with Crippen LogP contribution in [0.2, 0.25) is 0 Å². The fraction of sp³-hybridized carbons (Fsp3) is 0.211. The summed E-state index contributed by atoms with van der Waals surface area (Å²) in [6.07, 6.45) is 1.78. The Morgan fingerprint density at radius 1 is 1.04 bits per heavy atom. The van der Waals surface area contributed by atoms with Crippen molar-refractivity contribution in [3.05, 3.63) is 72.2 Å². The van der Waals surface area contributed by atoms with Crippen molar-refractivity contribution in [1.29, 1.82) is 0 Å². The van der Waals surface area contributed by atoms with Gasteiger partial charge in [-0.05, 0) is 17.7 Å². The van der Waals surface area contributed by atoms with E-state index in [1.807, 2.05) is 30.3 Å². The topological polar surface area (TPSA) is 62.0 Å². The average molecular weight is 320 g/mol. The van der Waals surface area contributed by atoms with Crippen LogP contribution in [0.5, 0.6) is 5.75 Å². The van der Waals surface area contributed by atoms with Crippen LogP contribution in [0.3, 0.4) is 0 Å². The van der Waals surface area contributed by atoms with Crippen LogP contribution in [0.15, 0.2) is 60.9 Å². The molecule has 2 heterocycles. The third-order valence-corrected chi connectivity index (χ3v) is 4.54. The molecule has 1 aliphatic heterocycles. The van der Waals surface area contributed by atoms with Crippen LogP contribution in [-0.4, -0.2) is 23.6 Å². The number of ether oxygens (including phenoxy) is 1. The molecule has 0 spiro atoms. The Morgan fingerprint density at radius 2 is 1.83 bits per heavy atom. The SMILES string of the molecule is COc1ccc(C2NNCC2c2[nH]cnc2-c2ccccc2)cc1. The molecule has 1 aromatic heterocycles. The van der Waals surface area contributed by atoms with E-state index in [2.05, 4.69) is 45.1 Å². The lowest BCUT2D eigenvalue weighted by Gasteiger charge is -2.19. The minimum atomic E-state index is 0.179. The number of hydrazine groups is 1. The number of H-pyrrole nitrogens is 1. The zero-order valence-electron chi connectivity index (χ0n) is 13.5. The summed E-state index contributed by atoms with van der Waals surface area (Å²) in [7, 11) is 1.68. The van der Waals surface area contributed by atoms with Crippen molar-refractivity contribution in [2.45, 2.75) is 12.0 Å². The van der Waals surface area contributed by atoms with E-state index in [0.29, 0.717) is 0 Å². The highest BCUT2D eigenvalue weighted by atomic mass is 16.5. The summed E-state index contributed by atoms with van der Waals surface area (Å²) in [5, 5.41) is 0. The average Bonchev–Trinajstić information content (AvgIpc) is 3.31. The Bertz CT molecular complexity index is 798. The van der Waals surface area contributed by atoms with Gasteiger partial charge in [0.25, 0.3) is 0 Å². The molecule has 5 nitrogen and oxygen atoms in total. The maximum Gasteiger partial charge on any atom is 0.118 e. The number of methoxy groups -OCH3 is 1. The molecule has 2 aromatic carbocycles. The van der Waals surface area contributed by atoms with Crippen molar-refractivity contribution in [2.24, 2.45) is 0 Å². The van der Waals surface area contributed by atoms with Gasteiger partial charge < -0.3 is 9.72 Å². The van der Waals surface area contributed by atoms with E-state index in [4.69, 9.17) is 4.74 Å². The van der Waals surface area contributed by atoms with Gasteiger partial charge in [0.2, 0.25) is 0 Å². The van der Waals surface area contributed by atoms with Crippen LogP contribution in [0.4, 0.5) is 0 Å². The molecule has 2 unspecified atom stereocenters. The molecular formula is C19H20N4O. The maximum absolute atomic E-state index is 5.26. The lowest BCUT2D eigenvalue weighted by Crippen LogP contribution is -2.24. The summed E-state index contributed by atoms with van der Waals surface area (Å²) in [6.45, 7) is 0.846. The Kier molecular flexibility index (Phi) is 4.02. The van der Waals surface area contributed by atoms with Crippen molar-refractivity contribution >= 4 is 0 Å². The van der Waals surface area contributed by atoms with Crippen LogP contribution >= 0.6 is 0 Å². The second-order valence-corrected chi connectivity index (χ2v) is 5.91. The highest BCUT2D eigenvalue weighted by molar-refractivity contribution is 5.62. The number of hydrogen-bond acceptors (Lipinski definition) is 4. The van der Waals surface area contributed by atoms with E-state index in [1.54, 1.807) is 13.4 Å². The second kappa shape index (κ2) is 6.47. The first-order valence-corrected chi connectivity index (χ1v) is 8.08. The fourth-order valence-corrected chi connectivity index (χ4v) is 3.31. The zero-order valence-corrected chi connectivity index (χ0v) is 13.5. The molecular weight excluding hydrogens is 300 g/mol. The number of hydrogen-bond donors (Lipinski definition) is 3. The van der Waals surface area contributed by atoms with E-state index >= 15 is 0 Å². The number of nitrogens with zero attached hydrogens (tertiary/aromatic N) is 1. The molecule has 2 atom stereocenters. The van der Waals surface area contributed by atoms with Crippen LogP contribution in [0.25, 0.3) is 11.3 Å². The largest absolute Gasteiger partial charge is 0.497 e. The molecule has 1 saturated heterocycles. The summed E-state index contributed by atoms with van der Waals surface area (Å²) >= 11 is 0. The third-order valence-electron chi connectivity index (χ3n) is 4.54. The van der Waals surface area contributed by atoms with E-state index in [0.717, 1.165) is 29.2 Å². The van der Waals surface area contributed by atoms with E-state index in [9.17, 15) is 0 Å². The number of aromatic amines is 1. The quantitative estimate of drug-likeness (QED) is 0.691. The van der Waals surface area contributed by atoms with Gasteiger partial charge in [-0.25, -0.2) is 10.4 Å². The van der Waals surface area contributed by atoms with E-state index in [-0.39, 0.29) is 12.0 Å². The minimum Gasteiger partial charge on any atom is -0.497 e. The van der Waals surface area contributed by atoms with Crippen molar-refractivity contribution in [3.8, 4) is 17.0 Å². The fourth-order valence-electron chi connectivity index (χ4n) is 3.31. The molecule has 0 radical (unpaired) electrons. The lowest BCUT2D eigenvalue weighted by molar-refractivity contribution is 0.414. The standard InChI is InChI=1S/C19H20N4O/c1-24-15-9-7-14(8-10-15)17-16(11-22-23-17)19-18(20-12-21-19)13-5-3-2-4-6-13/h2-10,12,16-17,22-23H,11H2,1H3,(H,20,21). The molecule has 3 aromatic rings. The summed E-state index contributed by atoms with van der Waals surface area (Å²) in [5.41, 5.74) is 11.2. The Labute approximate surface area is 141 Å². The predicted molar refractivity (Wildman–Crippen MR) is 93.6 cm³/mol. The van der Waals surface area contributed by atoms with Gasteiger partial charge >= 0.3 is 0 Å². The van der Waals surface area contributed by atoms with Crippen LogP contribution in [-0.2, 0) is 0 Å². The van der Waals surface area contributed by atoms with Gasteiger partial charge in [-0.15, -0.1) is 0 Å². The first kappa shape index (κ1) is 14.9. The van der Waals surface area contributed by atoms with Gasteiger partial charge in [-0.2, -0.15) is 0 Å². The van der Waals surface area contributed by atoms with Gasteiger partial charge in [0, 0.05) is 23.7 Å². The van der Waals surface area contributed by atoms with Gasteiger partial charge in [0.15, 0.2) is 0 Å². The molecule has 122 valence electrons. The Balaban J connectivity index is 1.67. The third kappa shape index (κ3) is 2.68. The minimum absolute atomic E-state index is 0.179. The molecule has 0 amide bonds. The van der Waals surface area contributed by atoms with Gasteiger partial charge in [-0.3, -0.25) is 5.43 Å².